The maximum atomic E-state index is 12.1. The molecule has 2 aliphatic rings. The molecule has 0 atom stereocenters. The van der Waals surface area contributed by atoms with Gasteiger partial charge in [-0.15, -0.1) is 0 Å². The molecule has 43 heavy (non-hydrogen) atoms. The number of hydrogen-bond acceptors (Lipinski definition) is 2. The predicted octanol–water partition coefficient (Wildman–Crippen LogP) is 7.96. The maximum Gasteiger partial charge on any atom is 0.295 e. The summed E-state index contributed by atoms with van der Waals surface area (Å²) in [6.45, 7) is 8.02. The molecule has 0 radical (unpaired) electrons. The lowest BCUT2D eigenvalue weighted by molar-refractivity contribution is -0.430. The Hall–Kier alpha value is -3.97. The molecule has 1 aliphatic carbocycles. The molecule has 1 aromatic heterocycles. The van der Waals surface area contributed by atoms with Gasteiger partial charge in [0.25, 0.3) is 10.1 Å². The van der Waals surface area contributed by atoms with Crippen LogP contribution in [0.2, 0.25) is 0 Å². The van der Waals surface area contributed by atoms with Crippen molar-refractivity contribution in [3.63, 3.8) is 0 Å². The highest BCUT2D eigenvalue weighted by Crippen LogP contribution is 2.39. The molecular weight excluding hydrogens is 576 g/mol. The number of nitrogens with zero attached hydrogens (tertiary/aromatic N) is 2. The minimum Gasteiger partial charge on any atom is -0.341 e. The Kier molecular flexibility index (Phi) is 6.69. The zero-order valence-electron chi connectivity index (χ0n) is 24.4. The monoisotopic (exact) mass is 607 g/mol. The van der Waals surface area contributed by atoms with E-state index in [1.807, 2.05) is 12.1 Å². The lowest BCUT2D eigenvalue weighted by atomic mass is 9.98. The highest BCUT2D eigenvalue weighted by atomic mass is 35.5. The molecule has 2 heterocycles. The van der Waals surface area contributed by atoms with Gasteiger partial charge in [0.05, 0.1) is 10.9 Å². The number of rotatable bonds is 6. The number of allylic oxidation sites excluding steroid dienone is 6. The van der Waals surface area contributed by atoms with Crippen LogP contribution in [0, 0.1) is 6.92 Å². The molecular formula is C36H32ClN2O3S+. The van der Waals surface area contributed by atoms with Gasteiger partial charge < -0.3 is 4.57 Å². The van der Waals surface area contributed by atoms with Crippen LogP contribution in [0.5, 0.6) is 0 Å². The van der Waals surface area contributed by atoms with Crippen LogP contribution < -0.4 is 5.35 Å². The van der Waals surface area contributed by atoms with Gasteiger partial charge in [0, 0.05) is 50.7 Å². The van der Waals surface area contributed by atoms with Gasteiger partial charge in [0.15, 0.2) is 0 Å². The first-order valence-corrected chi connectivity index (χ1v) is 16.5. The molecule has 0 bridgehead atoms. The molecule has 0 saturated carbocycles. The van der Waals surface area contributed by atoms with Crippen molar-refractivity contribution in [2.75, 3.05) is 6.54 Å². The van der Waals surface area contributed by atoms with Crippen LogP contribution in [0.3, 0.4) is 0 Å². The molecule has 5 nitrogen and oxygen atoms in total. The van der Waals surface area contributed by atoms with E-state index in [4.69, 9.17) is 11.6 Å². The van der Waals surface area contributed by atoms with E-state index in [2.05, 4.69) is 84.5 Å². The summed E-state index contributed by atoms with van der Waals surface area (Å²) >= 11 is 6.99. The molecule has 5 aromatic rings. The highest BCUT2D eigenvalue weighted by molar-refractivity contribution is 7.86. The van der Waals surface area contributed by atoms with Crippen molar-refractivity contribution < 1.29 is 17.5 Å². The van der Waals surface area contributed by atoms with E-state index in [0.717, 1.165) is 57.2 Å². The van der Waals surface area contributed by atoms with E-state index in [0.29, 0.717) is 11.9 Å². The zero-order chi connectivity index (χ0) is 30.0. The van der Waals surface area contributed by atoms with Gasteiger partial charge in [-0.05, 0) is 80.0 Å². The van der Waals surface area contributed by atoms with Crippen LogP contribution in [0.25, 0.3) is 38.5 Å². The van der Waals surface area contributed by atoms with E-state index in [-0.39, 0.29) is 4.90 Å². The van der Waals surface area contributed by atoms with Gasteiger partial charge >= 0.3 is 0 Å². The van der Waals surface area contributed by atoms with Gasteiger partial charge in [-0.1, -0.05) is 60.2 Å². The van der Waals surface area contributed by atoms with Crippen LogP contribution in [0.1, 0.15) is 37.8 Å². The summed E-state index contributed by atoms with van der Waals surface area (Å²) in [5.74, 6) is 0. The molecule has 216 valence electrons. The van der Waals surface area contributed by atoms with Gasteiger partial charge in [-0.3, -0.25) is 4.55 Å². The Labute approximate surface area is 256 Å². The summed E-state index contributed by atoms with van der Waals surface area (Å²) < 4.78 is 38.5. The second kappa shape index (κ2) is 10.3. The molecule has 7 rings (SSSR count). The fraction of sp³-hybridized carbons (Fsp3) is 0.194. The summed E-state index contributed by atoms with van der Waals surface area (Å²) in [6.07, 6.45) is 10.3. The van der Waals surface area contributed by atoms with Crippen molar-refractivity contribution in [3.05, 3.63) is 112 Å². The molecule has 1 aliphatic heterocycles. The third-order valence-electron chi connectivity index (χ3n) is 8.95. The lowest BCUT2D eigenvalue weighted by Gasteiger charge is -2.05. The number of halogens is 1. The Morgan fingerprint density at radius 1 is 0.907 bits per heavy atom. The first-order chi connectivity index (χ1) is 20.7. The van der Waals surface area contributed by atoms with E-state index >= 15 is 0 Å². The largest absolute Gasteiger partial charge is 0.341 e. The second-order valence-corrected chi connectivity index (χ2v) is 13.0. The Bertz CT molecular complexity index is 2300. The third-order valence-corrected chi connectivity index (χ3v) is 10.4. The normalized spacial score (nSPS) is 17.0. The first kappa shape index (κ1) is 27.8. The second-order valence-electron chi connectivity index (χ2n) is 11.2. The Balaban J connectivity index is 1.29. The molecule has 0 spiro atoms. The number of aryl methyl sites for hydroxylation is 2. The molecule has 0 saturated heterocycles. The highest BCUT2D eigenvalue weighted by Gasteiger charge is 2.30. The summed E-state index contributed by atoms with van der Waals surface area (Å²) in [4.78, 5) is -0.0711. The maximum absolute atomic E-state index is 12.1. The lowest BCUT2D eigenvalue weighted by Crippen LogP contribution is -2.14. The predicted molar refractivity (Wildman–Crippen MR) is 177 cm³/mol. The molecule has 7 heteroatoms. The first-order valence-electron chi connectivity index (χ1n) is 14.7. The van der Waals surface area contributed by atoms with Crippen molar-refractivity contribution in [2.45, 2.75) is 45.1 Å². The smallest absolute Gasteiger partial charge is 0.295 e. The van der Waals surface area contributed by atoms with Gasteiger partial charge in [-0.2, -0.15) is 13.0 Å². The number of aromatic nitrogens is 1. The van der Waals surface area contributed by atoms with Crippen molar-refractivity contribution in [1.29, 1.82) is 0 Å². The van der Waals surface area contributed by atoms with E-state index in [9.17, 15) is 13.0 Å². The topological polar surface area (TPSA) is 62.3 Å². The number of benzene rings is 4. The summed E-state index contributed by atoms with van der Waals surface area (Å²) in [5.41, 5.74) is 8.14. The average molecular weight is 608 g/mol. The minimum absolute atomic E-state index is 0.0711. The molecule has 4 aromatic carbocycles. The SMILES string of the molecule is CCn1c(=CC=C2CCC(C=CC3=[N+](CC)c4ccc(C)c5cccc3c45)=C2Cl)c2cccc3c(S(=O)(=O)O)ccc1c32. The van der Waals surface area contributed by atoms with Crippen molar-refractivity contribution in [3.8, 4) is 0 Å². The molecule has 0 fully saturated rings. The average Bonchev–Trinajstić information content (AvgIpc) is 3.62. The molecule has 1 N–H and O–H groups in total. The summed E-state index contributed by atoms with van der Waals surface area (Å²) in [7, 11) is -4.35. The van der Waals surface area contributed by atoms with Crippen molar-refractivity contribution in [1.82, 2.24) is 4.57 Å². The Morgan fingerprint density at radius 2 is 1.67 bits per heavy atom. The van der Waals surface area contributed by atoms with Crippen LogP contribution in [-0.2, 0) is 16.7 Å². The molecule has 0 amide bonds. The van der Waals surface area contributed by atoms with Crippen molar-refractivity contribution in [2.24, 2.45) is 0 Å². The fourth-order valence-electron chi connectivity index (χ4n) is 6.96. The summed E-state index contributed by atoms with van der Waals surface area (Å²) in [5, 5.41) is 6.69. The van der Waals surface area contributed by atoms with E-state index in [1.165, 1.54) is 39.4 Å². The van der Waals surface area contributed by atoms with Gasteiger partial charge in [0.1, 0.15) is 11.4 Å². The van der Waals surface area contributed by atoms with Crippen LogP contribution >= 0.6 is 11.6 Å². The van der Waals surface area contributed by atoms with Crippen LogP contribution in [-0.4, -0.2) is 34.4 Å². The zero-order valence-corrected chi connectivity index (χ0v) is 25.9. The van der Waals surface area contributed by atoms with E-state index in [1.54, 1.807) is 12.1 Å². The van der Waals surface area contributed by atoms with Gasteiger partial charge in [0.2, 0.25) is 11.4 Å². The molecule has 0 unspecified atom stereocenters. The Morgan fingerprint density at radius 3 is 2.44 bits per heavy atom. The quantitative estimate of drug-likeness (QED) is 0.157. The van der Waals surface area contributed by atoms with Gasteiger partial charge in [-0.25, -0.2) is 0 Å². The third kappa shape index (κ3) is 4.31. The standard InChI is InChI=1S/C36H31ClN2O3S/c1-4-38-29(26-9-6-8-25-22(3)12-17-31(38)34(25)26)18-15-23-13-14-24(36(23)37)16-19-30-27-10-7-11-28-33(43(40,41)42)21-20-32(35(27)28)39(30)5-2/h6-12,15-21H,4-5,13-14H2,1-3H3/p+1. The van der Waals surface area contributed by atoms with E-state index < -0.39 is 10.1 Å². The minimum atomic E-state index is -4.35. The van der Waals surface area contributed by atoms with Crippen molar-refractivity contribution >= 4 is 71.6 Å². The van der Waals surface area contributed by atoms with Crippen LogP contribution in [0.4, 0.5) is 5.69 Å². The fourth-order valence-corrected chi connectivity index (χ4v) is 7.96. The summed E-state index contributed by atoms with van der Waals surface area (Å²) in [6, 6.07) is 19.8. The van der Waals surface area contributed by atoms with Crippen LogP contribution in [0.15, 0.2) is 100.0 Å². The number of hydrogen-bond donors (Lipinski definition) is 1.